The van der Waals surface area contributed by atoms with Crippen LogP contribution >= 0.6 is 11.8 Å². The molecule has 1 aliphatic heterocycles. The zero-order chi connectivity index (χ0) is 22.6. The van der Waals surface area contributed by atoms with Crippen LogP contribution in [0.25, 0.3) is 0 Å². The third kappa shape index (κ3) is 5.75. The molecule has 7 heteroatoms. The van der Waals surface area contributed by atoms with Crippen molar-refractivity contribution in [3.8, 4) is 5.88 Å². The molecule has 2 aromatic rings. The van der Waals surface area contributed by atoms with E-state index in [1.54, 1.807) is 0 Å². The van der Waals surface area contributed by atoms with Crippen molar-refractivity contribution >= 4 is 17.7 Å². The van der Waals surface area contributed by atoms with Crippen LogP contribution in [-0.2, 0) is 0 Å². The van der Waals surface area contributed by atoms with E-state index in [9.17, 15) is 4.79 Å². The summed E-state index contributed by atoms with van der Waals surface area (Å²) in [7, 11) is 0. The molecule has 2 bridgehead atoms. The van der Waals surface area contributed by atoms with Crippen LogP contribution in [0.2, 0.25) is 0 Å². The lowest BCUT2D eigenvalue weighted by Crippen LogP contribution is -2.43. The maximum atomic E-state index is 13.3. The Morgan fingerprint density at radius 1 is 1.12 bits per heavy atom. The number of carbonyl (C=O) groups is 1. The molecule has 33 heavy (non-hydrogen) atoms. The molecule has 2 heterocycles. The van der Waals surface area contributed by atoms with Gasteiger partial charge in [0.15, 0.2) is 0 Å². The number of carbonyl (C=O) groups excluding carboxylic acids is 1. The summed E-state index contributed by atoms with van der Waals surface area (Å²) in [4.78, 5) is 15.0. The van der Waals surface area contributed by atoms with Crippen molar-refractivity contribution in [2.24, 2.45) is 23.7 Å². The minimum Gasteiger partial charge on any atom is -0.474 e. The Hall–Kier alpha value is -1.99. The molecular weight excluding hydrogens is 434 g/mol. The van der Waals surface area contributed by atoms with E-state index in [2.05, 4.69) is 22.7 Å². The Bertz CT molecular complexity index is 910. The molecular formula is C26H35N3O3S. The first-order chi connectivity index (χ1) is 16.1. The highest BCUT2D eigenvalue weighted by Crippen LogP contribution is 2.43. The molecule has 3 fully saturated rings. The van der Waals surface area contributed by atoms with Crippen molar-refractivity contribution in [1.29, 1.82) is 0 Å². The van der Waals surface area contributed by atoms with Gasteiger partial charge < -0.3 is 19.9 Å². The third-order valence-corrected chi connectivity index (χ3v) is 8.49. The number of aromatic nitrogens is 1. The van der Waals surface area contributed by atoms with Crippen molar-refractivity contribution in [2.75, 3.05) is 19.7 Å². The summed E-state index contributed by atoms with van der Waals surface area (Å²) in [5.41, 5.74) is 0. The van der Waals surface area contributed by atoms with Crippen molar-refractivity contribution in [2.45, 2.75) is 67.7 Å². The van der Waals surface area contributed by atoms with E-state index in [1.807, 2.05) is 30.3 Å². The molecule has 6 nitrogen and oxygen atoms in total. The fourth-order valence-electron chi connectivity index (χ4n) is 6.00. The van der Waals surface area contributed by atoms with Gasteiger partial charge in [0.1, 0.15) is 4.90 Å². The van der Waals surface area contributed by atoms with Gasteiger partial charge in [0.2, 0.25) is 5.76 Å². The number of amides is 1. The van der Waals surface area contributed by atoms with Gasteiger partial charge in [0, 0.05) is 10.9 Å². The van der Waals surface area contributed by atoms with Gasteiger partial charge in [-0.3, -0.25) is 4.79 Å². The summed E-state index contributed by atoms with van der Waals surface area (Å²) >= 11 is 1.49. The fraction of sp³-hybridized carbons (Fsp3) is 0.615. The molecule has 0 spiro atoms. The molecule has 2 aliphatic carbocycles. The van der Waals surface area contributed by atoms with Gasteiger partial charge >= 0.3 is 0 Å². The molecule has 1 amide bonds. The number of ether oxygens (including phenoxy) is 1. The number of benzene rings is 1. The molecule has 1 saturated heterocycles. The number of rotatable bonds is 7. The largest absolute Gasteiger partial charge is 0.474 e. The van der Waals surface area contributed by atoms with Crippen LogP contribution in [0.1, 0.15) is 62.4 Å². The summed E-state index contributed by atoms with van der Waals surface area (Å²) < 4.78 is 11.7. The highest BCUT2D eigenvalue weighted by atomic mass is 32.2. The zero-order valence-corrected chi connectivity index (χ0v) is 20.2. The number of piperidine rings is 1. The summed E-state index contributed by atoms with van der Waals surface area (Å²) in [6, 6.07) is 10.2. The molecule has 1 aromatic carbocycles. The second-order valence-corrected chi connectivity index (χ2v) is 11.3. The molecule has 2 saturated carbocycles. The number of hydrogen-bond acceptors (Lipinski definition) is 6. The lowest BCUT2D eigenvalue weighted by atomic mass is 9.67. The molecule has 3 aliphatic rings. The van der Waals surface area contributed by atoms with Crippen molar-refractivity contribution < 1.29 is 14.1 Å². The minimum atomic E-state index is -0.171. The maximum absolute atomic E-state index is 13.3. The topological polar surface area (TPSA) is 76.4 Å². The van der Waals surface area contributed by atoms with Gasteiger partial charge in [-0.25, -0.2) is 0 Å². The van der Waals surface area contributed by atoms with Crippen molar-refractivity contribution in [1.82, 2.24) is 15.8 Å². The lowest BCUT2D eigenvalue weighted by molar-refractivity contribution is 0.0804. The summed E-state index contributed by atoms with van der Waals surface area (Å²) in [6.07, 6.45) is 8.22. The minimum absolute atomic E-state index is 0.171. The number of fused-ring (bicyclic) bond motifs is 2. The van der Waals surface area contributed by atoms with Crippen LogP contribution < -0.4 is 15.4 Å². The number of hydrogen-bond donors (Lipinski definition) is 2. The predicted molar refractivity (Wildman–Crippen MR) is 129 cm³/mol. The second-order valence-electron chi connectivity index (χ2n) is 10.3. The van der Waals surface area contributed by atoms with Gasteiger partial charge in [-0.1, -0.05) is 36.9 Å². The highest BCUT2D eigenvalue weighted by Gasteiger charge is 2.36. The summed E-state index contributed by atoms with van der Waals surface area (Å²) in [5.74, 6) is 3.31. The quantitative estimate of drug-likeness (QED) is 0.584. The van der Waals surface area contributed by atoms with Crippen LogP contribution in [0.15, 0.2) is 44.6 Å². The maximum Gasteiger partial charge on any atom is 0.291 e. The van der Waals surface area contributed by atoms with Crippen molar-refractivity contribution in [3.05, 3.63) is 36.1 Å². The fourth-order valence-corrected chi connectivity index (χ4v) is 6.93. The van der Waals surface area contributed by atoms with E-state index >= 15 is 0 Å². The van der Waals surface area contributed by atoms with E-state index in [0.717, 1.165) is 61.4 Å². The molecule has 178 valence electrons. The first-order valence-electron chi connectivity index (χ1n) is 12.5. The second kappa shape index (κ2) is 10.5. The summed E-state index contributed by atoms with van der Waals surface area (Å²) in [6.45, 7) is 5.01. The van der Waals surface area contributed by atoms with Gasteiger partial charge in [-0.2, -0.15) is 0 Å². The van der Waals surface area contributed by atoms with Crippen LogP contribution in [-0.4, -0.2) is 36.8 Å². The van der Waals surface area contributed by atoms with E-state index in [0.29, 0.717) is 23.3 Å². The van der Waals surface area contributed by atoms with Gasteiger partial charge in [-0.15, -0.1) is 0 Å². The number of nitrogens with one attached hydrogen (secondary N) is 2. The molecule has 0 radical (unpaired) electrons. The van der Waals surface area contributed by atoms with Gasteiger partial charge in [0.25, 0.3) is 11.8 Å². The summed E-state index contributed by atoms with van der Waals surface area (Å²) in [5, 5.41) is 10.8. The van der Waals surface area contributed by atoms with Gasteiger partial charge in [0.05, 0.1) is 6.61 Å². The van der Waals surface area contributed by atoms with E-state index < -0.39 is 0 Å². The number of nitrogens with zero attached hydrogens (tertiary/aromatic N) is 1. The van der Waals surface area contributed by atoms with Crippen molar-refractivity contribution in [3.63, 3.8) is 0 Å². The van der Waals surface area contributed by atoms with Crippen LogP contribution in [0.3, 0.4) is 0 Å². The van der Waals surface area contributed by atoms with E-state index in [4.69, 9.17) is 9.26 Å². The molecule has 5 rings (SSSR count). The van der Waals surface area contributed by atoms with Gasteiger partial charge in [-0.05, 0) is 99.0 Å². The SMILES string of the molecule is CC1CC2CC(C1)CC(NC(=O)c1onc(OCC3CCNCC3)c1Sc1ccccc1)C2. The smallest absolute Gasteiger partial charge is 0.291 e. The molecule has 2 unspecified atom stereocenters. The highest BCUT2D eigenvalue weighted by molar-refractivity contribution is 7.99. The Kier molecular flexibility index (Phi) is 7.26. The zero-order valence-electron chi connectivity index (χ0n) is 19.4. The molecule has 2 N–H and O–H groups in total. The Morgan fingerprint density at radius 2 is 1.85 bits per heavy atom. The Balaban J connectivity index is 1.30. The molecule has 1 aromatic heterocycles. The molecule has 2 atom stereocenters. The normalized spacial score (nSPS) is 27.8. The first kappa shape index (κ1) is 22.8. The third-order valence-electron chi connectivity index (χ3n) is 7.41. The Morgan fingerprint density at radius 3 is 2.58 bits per heavy atom. The average molecular weight is 470 g/mol. The average Bonchev–Trinajstić information content (AvgIpc) is 3.21. The predicted octanol–water partition coefficient (Wildman–Crippen LogP) is 5.15. The monoisotopic (exact) mass is 469 g/mol. The van der Waals surface area contributed by atoms with Crippen LogP contribution in [0, 0.1) is 23.7 Å². The lowest BCUT2D eigenvalue weighted by Gasteiger charge is -2.41. The van der Waals surface area contributed by atoms with E-state index in [1.165, 1.54) is 31.0 Å². The first-order valence-corrected chi connectivity index (χ1v) is 13.3. The Labute approximate surface area is 200 Å². The van der Waals surface area contributed by atoms with Crippen LogP contribution in [0.5, 0.6) is 5.88 Å². The van der Waals surface area contributed by atoms with E-state index in [-0.39, 0.29) is 17.7 Å². The standard InChI is InChI=1S/C26H35N3O3S/c1-17-11-19-13-20(12-17)15-21(14-19)28-25(30)23-24(33-22-5-3-2-4-6-22)26(29-32-23)31-16-18-7-9-27-10-8-18/h2-6,17-21,27H,7-16H2,1H3,(H,28,30). The van der Waals surface area contributed by atoms with Crippen LogP contribution in [0.4, 0.5) is 0 Å².